The maximum atomic E-state index is 10.7. The minimum absolute atomic E-state index is 0.0984. The van der Waals surface area contributed by atoms with Gasteiger partial charge in [0.15, 0.2) is 0 Å². The van der Waals surface area contributed by atoms with Crippen LogP contribution in [-0.2, 0) is 4.74 Å². The van der Waals surface area contributed by atoms with Crippen molar-refractivity contribution in [2.45, 2.75) is 37.5 Å². The Labute approximate surface area is 209 Å². The summed E-state index contributed by atoms with van der Waals surface area (Å²) in [6.45, 7) is 5.50. The van der Waals surface area contributed by atoms with Gasteiger partial charge in [0.25, 0.3) is 0 Å². The maximum Gasteiger partial charge on any atom is 0.217 e. The molecule has 2 N–H and O–H groups in total. The predicted molar refractivity (Wildman–Crippen MR) is 137 cm³/mol. The summed E-state index contributed by atoms with van der Waals surface area (Å²) in [7, 11) is 1.74. The molecule has 3 aliphatic heterocycles. The fourth-order valence-electron chi connectivity index (χ4n) is 5.41. The predicted octanol–water partition coefficient (Wildman–Crippen LogP) is 3.43. The van der Waals surface area contributed by atoms with Gasteiger partial charge in [0.1, 0.15) is 17.8 Å². The number of hydrogen-bond donors (Lipinski definition) is 2. The first-order valence-electron chi connectivity index (χ1n) is 11.4. The number of rotatable bonds is 5. The smallest absolute Gasteiger partial charge is 0.217 e. The number of ether oxygens (including phenoxy) is 1. The highest BCUT2D eigenvalue weighted by Crippen LogP contribution is 2.74. The van der Waals surface area contributed by atoms with Crippen molar-refractivity contribution in [2.75, 3.05) is 26.7 Å². The lowest BCUT2D eigenvalue weighted by Gasteiger charge is -2.28. The summed E-state index contributed by atoms with van der Waals surface area (Å²) >= 11 is 8.39. The van der Waals surface area contributed by atoms with Gasteiger partial charge in [-0.3, -0.25) is 25.2 Å². The van der Waals surface area contributed by atoms with Gasteiger partial charge in [-0.05, 0) is 25.3 Å². The second-order valence-electron chi connectivity index (χ2n) is 9.01. The second-order valence-corrected chi connectivity index (χ2v) is 10.8. The van der Waals surface area contributed by atoms with E-state index < -0.39 is 12.5 Å². The molecule has 1 spiro atoms. The summed E-state index contributed by atoms with van der Waals surface area (Å²) in [5.74, 6) is 4.34. The van der Waals surface area contributed by atoms with Gasteiger partial charge in [-0.2, -0.15) is 0 Å². The van der Waals surface area contributed by atoms with Gasteiger partial charge in [-0.15, -0.1) is 6.42 Å². The minimum atomic E-state index is -1.03. The van der Waals surface area contributed by atoms with Crippen molar-refractivity contribution in [1.82, 2.24) is 9.80 Å². The minimum Gasteiger partial charge on any atom is -0.356 e. The number of fused-ring (bicyclic) bond motifs is 2. The van der Waals surface area contributed by atoms with Crippen LogP contribution < -0.4 is 0 Å². The van der Waals surface area contributed by atoms with Crippen LogP contribution in [0.15, 0.2) is 44.9 Å². The molecule has 0 bridgehead atoms. The van der Waals surface area contributed by atoms with E-state index in [2.05, 4.69) is 10.9 Å². The Morgan fingerprint density at radius 3 is 2.94 bits per heavy atom. The Balaban J connectivity index is 1.50. The molecule has 34 heavy (non-hydrogen) atoms. The number of aliphatic hydroxyl groups is 1. The summed E-state index contributed by atoms with van der Waals surface area (Å²) < 4.78 is 5.60. The molecule has 3 heterocycles. The van der Waals surface area contributed by atoms with E-state index in [1.165, 1.54) is 0 Å². The summed E-state index contributed by atoms with van der Waals surface area (Å²) in [5, 5.41) is 21.1. The standard InChI is InChI=1S/C25H28ClN5O2S/c1-5-15(6-2)33-24(32)30-12-17-21-20-22(16-9-7-8-10-18(16)26)29-11-19(27)31(14(3)28-4)23(20)34-25(17,21)13-30/h1,7-10,15,17,21,24,27,32H,6,11-13H2,2-4H3. The molecule has 4 aliphatic rings. The third kappa shape index (κ3) is 3.53. The number of nitrogens with one attached hydrogen (secondary N) is 1. The van der Waals surface area contributed by atoms with E-state index in [4.69, 9.17) is 33.2 Å². The van der Waals surface area contributed by atoms with Crippen molar-refractivity contribution < 1.29 is 9.84 Å². The van der Waals surface area contributed by atoms with E-state index in [-0.39, 0.29) is 17.2 Å². The Hall–Kier alpha value is -2.15. The Kier molecular flexibility index (Phi) is 6.11. The zero-order chi connectivity index (χ0) is 24.2. The summed E-state index contributed by atoms with van der Waals surface area (Å²) in [4.78, 5) is 13.2. The number of aliphatic imine (C=N–C) groups is 2. The van der Waals surface area contributed by atoms with Crippen molar-refractivity contribution in [2.24, 2.45) is 21.8 Å². The highest BCUT2D eigenvalue weighted by atomic mass is 35.5. The molecular formula is C25H28ClN5O2S. The van der Waals surface area contributed by atoms with Crippen LogP contribution in [0.4, 0.5) is 0 Å². The molecule has 5 atom stereocenters. The molecule has 1 saturated carbocycles. The molecule has 1 saturated heterocycles. The van der Waals surface area contributed by atoms with Crippen molar-refractivity contribution in [3.63, 3.8) is 0 Å². The number of piperidine rings is 1. The zero-order valence-corrected chi connectivity index (χ0v) is 21.0. The largest absolute Gasteiger partial charge is 0.356 e. The summed E-state index contributed by atoms with van der Waals surface area (Å²) in [5.41, 5.74) is 2.89. The van der Waals surface area contributed by atoms with Gasteiger partial charge in [-0.25, -0.2) is 0 Å². The quantitative estimate of drug-likeness (QED) is 0.282. The number of thioether (sulfide) groups is 1. The van der Waals surface area contributed by atoms with E-state index >= 15 is 0 Å². The molecular weight excluding hydrogens is 470 g/mol. The summed E-state index contributed by atoms with van der Waals surface area (Å²) in [6.07, 6.45) is 4.72. The number of halogens is 1. The molecule has 1 aromatic rings. The molecule has 5 rings (SSSR count). The number of aliphatic hydroxyl groups excluding tert-OH is 1. The highest BCUT2D eigenvalue weighted by molar-refractivity contribution is 8.05. The van der Waals surface area contributed by atoms with E-state index in [0.717, 1.165) is 27.7 Å². The molecule has 1 aromatic carbocycles. The van der Waals surface area contributed by atoms with Crippen LogP contribution in [0.5, 0.6) is 0 Å². The van der Waals surface area contributed by atoms with Gasteiger partial charge in [0, 0.05) is 47.0 Å². The van der Waals surface area contributed by atoms with Gasteiger partial charge >= 0.3 is 0 Å². The molecule has 0 aromatic heterocycles. The molecule has 7 nitrogen and oxygen atoms in total. The number of terminal acetylenes is 1. The highest BCUT2D eigenvalue weighted by Gasteiger charge is 2.76. The number of nitrogens with zero attached hydrogens (tertiary/aromatic N) is 4. The van der Waals surface area contributed by atoms with Crippen molar-refractivity contribution >= 4 is 40.7 Å². The first-order chi connectivity index (χ1) is 16.4. The molecule has 0 radical (unpaired) electrons. The summed E-state index contributed by atoms with van der Waals surface area (Å²) in [6, 6.07) is 7.75. The number of benzene rings is 1. The Bertz CT molecular complexity index is 1170. The topological polar surface area (TPSA) is 84.5 Å². The molecule has 0 amide bonds. The van der Waals surface area contributed by atoms with Crippen molar-refractivity contribution in [3.05, 3.63) is 45.5 Å². The zero-order valence-electron chi connectivity index (χ0n) is 19.5. The maximum absolute atomic E-state index is 10.7. The van der Waals surface area contributed by atoms with Crippen LogP contribution in [0.1, 0.15) is 25.8 Å². The fourth-order valence-corrected chi connectivity index (χ4v) is 7.60. The molecule has 5 unspecified atom stereocenters. The van der Waals surface area contributed by atoms with Crippen molar-refractivity contribution in [3.8, 4) is 12.3 Å². The van der Waals surface area contributed by atoms with Crippen LogP contribution in [0.3, 0.4) is 0 Å². The lowest BCUT2D eigenvalue weighted by atomic mass is 9.96. The van der Waals surface area contributed by atoms with E-state index in [1.54, 1.807) is 18.8 Å². The van der Waals surface area contributed by atoms with Gasteiger partial charge in [-0.1, -0.05) is 54.4 Å². The molecule has 178 valence electrons. The number of amidine groups is 2. The van der Waals surface area contributed by atoms with E-state index in [0.29, 0.717) is 36.3 Å². The lowest BCUT2D eigenvalue weighted by Crippen LogP contribution is -2.41. The monoisotopic (exact) mass is 497 g/mol. The van der Waals surface area contributed by atoms with Crippen LogP contribution >= 0.6 is 23.4 Å². The van der Waals surface area contributed by atoms with E-state index in [9.17, 15) is 5.11 Å². The van der Waals surface area contributed by atoms with Gasteiger partial charge < -0.3 is 9.84 Å². The van der Waals surface area contributed by atoms with E-state index in [1.807, 2.05) is 47.9 Å². The van der Waals surface area contributed by atoms with Crippen LogP contribution in [0, 0.1) is 29.6 Å². The first-order valence-corrected chi connectivity index (χ1v) is 12.6. The first kappa shape index (κ1) is 23.6. The third-order valence-electron chi connectivity index (χ3n) is 7.20. The fraction of sp³-hybridized carbons (Fsp3) is 0.480. The number of allylic oxidation sites excluding steroid dienone is 1. The van der Waals surface area contributed by atoms with Crippen LogP contribution in [0.25, 0.3) is 0 Å². The number of likely N-dealkylation sites (tertiary alicyclic amines) is 1. The average Bonchev–Trinajstić information content (AvgIpc) is 3.12. The van der Waals surface area contributed by atoms with Gasteiger partial charge in [0.2, 0.25) is 6.41 Å². The SMILES string of the molecule is C#CC(CC)OC(O)N1CC2C3C4=C(SC23C1)N(C(C)=NC)C(=N)CN=C4c1ccccc1Cl. The van der Waals surface area contributed by atoms with Crippen LogP contribution in [0.2, 0.25) is 5.02 Å². The normalized spacial score (nSPS) is 30.2. The third-order valence-corrected chi connectivity index (χ3v) is 9.19. The molecule has 1 aliphatic carbocycles. The second kappa shape index (κ2) is 8.81. The number of hydrogen-bond acceptors (Lipinski definition) is 7. The van der Waals surface area contributed by atoms with Crippen molar-refractivity contribution in [1.29, 1.82) is 5.41 Å². The lowest BCUT2D eigenvalue weighted by molar-refractivity contribution is -0.204. The van der Waals surface area contributed by atoms with Crippen LogP contribution in [-0.4, -0.2) is 76.2 Å². The Morgan fingerprint density at radius 2 is 2.26 bits per heavy atom. The molecule has 2 fully saturated rings. The average molecular weight is 498 g/mol. The molecule has 9 heteroatoms. The van der Waals surface area contributed by atoms with Gasteiger partial charge in [0.05, 0.1) is 17.3 Å². The Morgan fingerprint density at radius 1 is 1.50 bits per heavy atom.